The van der Waals surface area contributed by atoms with Gasteiger partial charge in [-0.2, -0.15) is 79.9 Å². The SMILES string of the molecule is N#CCCOC(=O)C(F)(F)C(F)(F)C(F)(F)C(F)(F)C(F)(F)C(F)(F)C(F)(F)C(F)(F)F. The van der Waals surface area contributed by atoms with E-state index in [0.29, 0.717) is 0 Å². The first-order valence-corrected chi connectivity index (χ1v) is 6.99. The van der Waals surface area contributed by atoms with Gasteiger partial charge in [-0.15, -0.1) is 0 Å². The maximum atomic E-state index is 13.4. The van der Waals surface area contributed by atoms with Crippen LogP contribution in [0.5, 0.6) is 0 Å². The molecule has 0 rings (SSSR count). The van der Waals surface area contributed by atoms with Crippen molar-refractivity contribution in [3.8, 4) is 6.07 Å². The van der Waals surface area contributed by atoms with E-state index in [2.05, 4.69) is 4.74 Å². The van der Waals surface area contributed by atoms with Gasteiger partial charge in [0.1, 0.15) is 6.61 Å². The zero-order chi connectivity index (χ0) is 26.4. The summed E-state index contributed by atoms with van der Waals surface area (Å²) in [5.74, 6) is -62.3. The van der Waals surface area contributed by atoms with Gasteiger partial charge in [-0.3, -0.25) is 0 Å². The number of hydrogen-bond acceptors (Lipinski definition) is 3. The Bertz CT molecular complexity index is 748. The molecule has 32 heavy (non-hydrogen) atoms. The fourth-order valence-electron chi connectivity index (χ4n) is 1.57. The number of hydrogen-bond donors (Lipinski definition) is 0. The van der Waals surface area contributed by atoms with Gasteiger partial charge >= 0.3 is 53.6 Å². The molecule has 0 saturated heterocycles. The molecule has 0 saturated carbocycles. The topological polar surface area (TPSA) is 50.1 Å². The van der Waals surface area contributed by atoms with E-state index in [1.54, 1.807) is 0 Å². The highest BCUT2D eigenvalue weighted by atomic mass is 19.4. The molecule has 0 aliphatic carbocycles. The molecule has 0 aromatic carbocycles. The van der Waals surface area contributed by atoms with Crippen molar-refractivity contribution in [2.45, 2.75) is 54.1 Å². The maximum absolute atomic E-state index is 13.4. The average Bonchev–Trinajstić information content (AvgIpc) is 2.59. The second kappa shape index (κ2) is 7.97. The van der Waals surface area contributed by atoms with Crippen molar-refractivity contribution in [1.29, 1.82) is 5.26 Å². The molecule has 0 bridgehead atoms. The van der Waals surface area contributed by atoms with Crippen LogP contribution in [0.1, 0.15) is 6.42 Å². The monoisotopic (exact) mass is 517 g/mol. The van der Waals surface area contributed by atoms with Gasteiger partial charge in [0.2, 0.25) is 0 Å². The van der Waals surface area contributed by atoms with Crippen LogP contribution >= 0.6 is 0 Å². The van der Waals surface area contributed by atoms with E-state index in [1.807, 2.05) is 0 Å². The predicted molar refractivity (Wildman–Crippen MR) is 61.9 cm³/mol. The molecule has 0 N–H and O–H groups in total. The first-order chi connectivity index (χ1) is 13.7. The van der Waals surface area contributed by atoms with Crippen LogP contribution in [0.3, 0.4) is 0 Å². The van der Waals surface area contributed by atoms with Crippen molar-refractivity contribution in [3.63, 3.8) is 0 Å². The normalized spacial score (nSPS) is 15.4. The first kappa shape index (κ1) is 29.8. The van der Waals surface area contributed by atoms with Gasteiger partial charge in [-0.25, -0.2) is 4.79 Å². The summed E-state index contributed by atoms with van der Waals surface area (Å²) >= 11 is 0. The van der Waals surface area contributed by atoms with Crippen molar-refractivity contribution in [2.24, 2.45) is 0 Å². The van der Waals surface area contributed by atoms with Crippen LogP contribution in [0.15, 0.2) is 0 Å². The predicted octanol–water partition coefficient (Wildman–Crippen LogP) is 5.45. The molecular formula is C12H4F17NO2. The summed E-state index contributed by atoms with van der Waals surface area (Å²) in [4.78, 5) is 10.8. The highest BCUT2D eigenvalue weighted by molar-refractivity contribution is 5.79. The zero-order valence-corrected chi connectivity index (χ0v) is 14.1. The Kier molecular flexibility index (Phi) is 7.41. The highest BCUT2D eigenvalue weighted by Crippen LogP contribution is 2.63. The van der Waals surface area contributed by atoms with Crippen LogP contribution in [0, 0.1) is 11.3 Å². The van der Waals surface area contributed by atoms with E-state index in [0.717, 1.165) is 6.07 Å². The van der Waals surface area contributed by atoms with Gasteiger partial charge < -0.3 is 4.74 Å². The Labute approximate surface area is 163 Å². The molecule has 188 valence electrons. The summed E-state index contributed by atoms with van der Waals surface area (Å²) in [6.45, 7) is -1.59. The molecule has 0 aromatic rings. The van der Waals surface area contributed by atoms with Gasteiger partial charge in [0.05, 0.1) is 12.5 Å². The smallest absolute Gasteiger partial charge is 0.460 e. The lowest BCUT2D eigenvalue weighted by atomic mass is 9.89. The van der Waals surface area contributed by atoms with E-state index in [-0.39, 0.29) is 0 Å². The van der Waals surface area contributed by atoms with Crippen molar-refractivity contribution >= 4 is 5.97 Å². The number of ether oxygens (including phenoxy) is 1. The summed E-state index contributed by atoms with van der Waals surface area (Å²) in [7, 11) is 0. The Morgan fingerprint density at radius 1 is 0.594 bits per heavy atom. The largest absolute Gasteiger partial charge is 0.460 e. The minimum Gasteiger partial charge on any atom is -0.460 e. The van der Waals surface area contributed by atoms with Crippen molar-refractivity contribution in [3.05, 3.63) is 0 Å². The molecule has 0 unspecified atom stereocenters. The number of carbonyl (C=O) groups excluding carboxylic acids is 1. The summed E-state index contributed by atoms with van der Waals surface area (Å²) < 4.78 is 223. The molecule has 0 aromatic heterocycles. The Morgan fingerprint density at radius 2 is 0.906 bits per heavy atom. The van der Waals surface area contributed by atoms with Crippen LogP contribution in [0.25, 0.3) is 0 Å². The standard InChI is InChI=1S/C12H4F17NO2/c13-5(14,4(31)32-3-1-2-30)6(15,16)7(17,18)8(19,20)9(21,22)10(23,24)11(25,26)12(27,28)29/h1,3H2. The third kappa shape index (κ3) is 3.86. The van der Waals surface area contributed by atoms with Gasteiger partial charge in [-0.05, 0) is 0 Å². The second-order valence-electron chi connectivity index (χ2n) is 5.56. The summed E-state index contributed by atoms with van der Waals surface area (Å²) in [5.41, 5.74) is 0. The van der Waals surface area contributed by atoms with Gasteiger partial charge in [0.15, 0.2) is 0 Å². The fourth-order valence-corrected chi connectivity index (χ4v) is 1.57. The first-order valence-electron chi connectivity index (χ1n) is 6.99. The molecule has 0 spiro atoms. The van der Waals surface area contributed by atoms with E-state index in [1.165, 1.54) is 0 Å². The second-order valence-corrected chi connectivity index (χ2v) is 5.56. The number of alkyl halides is 17. The molecule has 0 aliphatic heterocycles. The van der Waals surface area contributed by atoms with Crippen LogP contribution in [0.4, 0.5) is 74.6 Å². The zero-order valence-electron chi connectivity index (χ0n) is 14.1. The van der Waals surface area contributed by atoms with E-state index in [9.17, 15) is 79.4 Å². The van der Waals surface area contributed by atoms with E-state index in [4.69, 9.17) is 5.26 Å². The minimum absolute atomic E-state index is 1.01. The molecule has 0 atom stereocenters. The fraction of sp³-hybridized carbons (Fsp3) is 0.833. The van der Waals surface area contributed by atoms with Crippen LogP contribution < -0.4 is 0 Å². The number of esters is 1. The number of nitriles is 1. The van der Waals surface area contributed by atoms with Gasteiger partial charge in [-0.1, -0.05) is 0 Å². The molecule has 0 fully saturated rings. The molecule has 20 heteroatoms. The van der Waals surface area contributed by atoms with E-state index < -0.39 is 66.6 Å². The lowest BCUT2D eigenvalue weighted by Gasteiger charge is -2.42. The molecule has 0 heterocycles. The van der Waals surface area contributed by atoms with Crippen molar-refractivity contribution < 1.29 is 84.2 Å². The number of carbonyl (C=O) groups is 1. The lowest BCUT2D eigenvalue weighted by Crippen LogP contribution is -2.75. The molecule has 3 nitrogen and oxygen atoms in total. The third-order valence-electron chi connectivity index (χ3n) is 3.43. The lowest BCUT2D eigenvalue weighted by molar-refractivity contribution is -0.460. The number of halogens is 17. The van der Waals surface area contributed by atoms with E-state index >= 15 is 0 Å². The molecule has 0 radical (unpaired) electrons. The Morgan fingerprint density at radius 3 is 1.22 bits per heavy atom. The Hall–Kier alpha value is -2.23. The summed E-state index contributed by atoms with van der Waals surface area (Å²) in [5, 5.41) is 7.97. The molecule has 0 aliphatic rings. The van der Waals surface area contributed by atoms with Crippen LogP contribution in [-0.2, 0) is 9.53 Å². The Balaban J connectivity index is 6.60. The molecule has 0 amide bonds. The van der Waals surface area contributed by atoms with Crippen LogP contribution in [-0.4, -0.2) is 60.2 Å². The van der Waals surface area contributed by atoms with Gasteiger partial charge in [0, 0.05) is 0 Å². The van der Waals surface area contributed by atoms with Crippen LogP contribution in [0.2, 0.25) is 0 Å². The number of nitrogens with zero attached hydrogens (tertiary/aromatic N) is 1. The number of rotatable bonds is 9. The summed E-state index contributed by atoms with van der Waals surface area (Å²) in [6.07, 6.45) is -8.95. The third-order valence-corrected chi connectivity index (χ3v) is 3.43. The highest BCUT2D eigenvalue weighted by Gasteiger charge is 2.95. The van der Waals surface area contributed by atoms with Gasteiger partial charge in [0.25, 0.3) is 0 Å². The molecular weight excluding hydrogens is 513 g/mol. The van der Waals surface area contributed by atoms with Crippen molar-refractivity contribution in [1.82, 2.24) is 0 Å². The quantitative estimate of drug-likeness (QED) is 0.232. The van der Waals surface area contributed by atoms with Crippen molar-refractivity contribution in [2.75, 3.05) is 6.61 Å². The summed E-state index contributed by atoms with van der Waals surface area (Å²) in [6, 6.07) is 1.01. The minimum atomic E-state index is -8.77. The maximum Gasteiger partial charge on any atom is 0.460 e. The average molecular weight is 517 g/mol.